The van der Waals surface area contributed by atoms with E-state index in [1.807, 2.05) is 0 Å². The van der Waals surface area contributed by atoms with E-state index in [1.54, 1.807) is 6.42 Å². The first kappa shape index (κ1) is 1.60. The Morgan fingerprint density at radius 3 is 1.75 bits per heavy atom. The van der Waals surface area contributed by atoms with Crippen LogP contribution in [-0.4, -0.2) is 9.52 Å². The van der Waals surface area contributed by atoms with E-state index in [0.717, 1.165) is 0 Å². The van der Waals surface area contributed by atoms with E-state index in [-0.39, 0.29) is 0 Å². The van der Waals surface area contributed by atoms with Gasteiger partial charge in [0.2, 0.25) is 0 Å². The first-order valence-corrected chi connectivity index (χ1v) is 2.88. The van der Waals surface area contributed by atoms with Crippen molar-refractivity contribution in [3.8, 4) is 0 Å². The van der Waals surface area contributed by atoms with Crippen LogP contribution >= 0.6 is 0 Å². The molecule has 2 rings (SSSR count). The van der Waals surface area contributed by atoms with Crippen molar-refractivity contribution in [1.29, 1.82) is 0 Å². The van der Waals surface area contributed by atoms with Gasteiger partial charge >= 0.3 is 0 Å². The Morgan fingerprint density at radius 2 is 1.75 bits per heavy atom. The number of hydrogen-bond donors (Lipinski definition) is 0. The fraction of sp³-hybridized carbons (Fsp3) is 1.00. The lowest BCUT2D eigenvalue weighted by Gasteiger charge is -1.58. The van der Waals surface area contributed by atoms with Crippen LogP contribution < -0.4 is 0 Å². The molecule has 4 heavy (non-hydrogen) atoms. The predicted molar refractivity (Wildman–Crippen MR) is 17.9 cm³/mol. The average molecular weight is 68.2 g/mol. The molecule has 20 valence electrons. The summed E-state index contributed by atoms with van der Waals surface area (Å²) >= 11 is 0. The molecule has 0 nitrogen and oxygen atoms in total. The molecule has 0 aromatic carbocycles. The van der Waals surface area contributed by atoms with Crippen LogP contribution in [0.1, 0.15) is 6.42 Å². The Balaban J connectivity index is 2.48. The Labute approximate surface area is 28.0 Å². The minimum absolute atomic E-state index is 1.28. The molecule has 1 heteroatoms. The van der Waals surface area contributed by atoms with Gasteiger partial charge in [0.15, 0.2) is 0 Å². The van der Waals surface area contributed by atoms with Crippen molar-refractivity contribution in [2.45, 2.75) is 17.5 Å². The van der Waals surface area contributed by atoms with Crippen LogP contribution in [0.25, 0.3) is 0 Å². The van der Waals surface area contributed by atoms with Gasteiger partial charge in [0.25, 0.3) is 0 Å². The summed E-state index contributed by atoms with van der Waals surface area (Å²) in [6.45, 7) is 0. The number of hydrogen-bond acceptors (Lipinski definition) is 0. The highest BCUT2D eigenvalue weighted by Crippen LogP contribution is 2.67. The quantitative estimate of drug-likeness (QED) is 0.366. The molecule has 1 heterocycles. The first-order chi connectivity index (χ1) is 1.97. The molecule has 2 fully saturated rings. The van der Waals surface area contributed by atoms with Gasteiger partial charge < -0.3 is 0 Å². The van der Waals surface area contributed by atoms with Crippen molar-refractivity contribution in [1.82, 2.24) is 0 Å². The smallest absolute Gasteiger partial charge is 0.0448 e. The lowest BCUT2D eigenvalue weighted by molar-refractivity contribution is 1.41. The highest BCUT2D eigenvalue weighted by molar-refractivity contribution is 6.59. The zero-order valence-electron chi connectivity index (χ0n) is 2.36. The van der Waals surface area contributed by atoms with Gasteiger partial charge in [-0.25, -0.2) is 0 Å². The maximum Gasteiger partial charge on any atom is 0.0448 e. The second-order valence-electron chi connectivity index (χ2n) is 1.62. The molecule has 0 aromatic rings. The molecule has 1 saturated carbocycles. The van der Waals surface area contributed by atoms with Crippen molar-refractivity contribution >= 4 is 9.52 Å². The summed E-state index contributed by atoms with van der Waals surface area (Å²) in [5.74, 6) is 0. The summed E-state index contributed by atoms with van der Waals surface area (Å²) in [7, 11) is 1.40. The summed E-state index contributed by atoms with van der Waals surface area (Å²) in [5.41, 5.74) is 2.56. The lowest BCUT2D eigenvalue weighted by Crippen LogP contribution is -1.59. The van der Waals surface area contributed by atoms with E-state index in [1.165, 1.54) is 20.6 Å². The standard InChI is InChI=1S/C3H4Si/c1-2-3(1)4-2/h2-3H,1H2. The normalized spacial score (nSPS) is 66.0. The zero-order valence-corrected chi connectivity index (χ0v) is 3.36. The number of fused-ring (bicyclic) bond motifs is 1. The summed E-state index contributed by atoms with van der Waals surface area (Å²) in [4.78, 5) is 0. The summed E-state index contributed by atoms with van der Waals surface area (Å²) in [6, 6.07) is 0. The molecular formula is C3H4Si. The molecule has 0 spiro atoms. The van der Waals surface area contributed by atoms with E-state index in [0.29, 0.717) is 0 Å². The van der Waals surface area contributed by atoms with Crippen molar-refractivity contribution in [3.05, 3.63) is 0 Å². The van der Waals surface area contributed by atoms with Gasteiger partial charge in [0.05, 0.1) is 0 Å². The average Bonchev–Trinajstić information content (AvgIpc) is 1.36. The minimum atomic E-state index is 1.28. The van der Waals surface area contributed by atoms with Gasteiger partial charge in [0, 0.05) is 9.52 Å². The molecular weight excluding hydrogens is 64.1 g/mol. The Kier molecular flexibility index (Phi) is 0.0939. The van der Waals surface area contributed by atoms with Gasteiger partial charge in [0.1, 0.15) is 0 Å². The topological polar surface area (TPSA) is 0 Å². The second-order valence-corrected chi connectivity index (χ2v) is 3.43. The Hall–Kier alpha value is 0.217. The Morgan fingerprint density at radius 1 is 1.50 bits per heavy atom. The summed E-state index contributed by atoms with van der Waals surface area (Å²) < 4.78 is 0. The molecule has 0 aromatic heterocycles. The van der Waals surface area contributed by atoms with Crippen LogP contribution in [0.5, 0.6) is 0 Å². The van der Waals surface area contributed by atoms with Crippen molar-refractivity contribution < 1.29 is 0 Å². The largest absolute Gasteiger partial charge is 0.0532 e. The predicted octanol–water partition coefficient (Wildman–Crippen LogP) is 0.685. The third-order valence-corrected chi connectivity index (χ3v) is 2.86. The maximum atomic E-state index is 1.60. The highest BCUT2D eigenvalue weighted by Gasteiger charge is 2.53. The summed E-state index contributed by atoms with van der Waals surface area (Å²) in [6.07, 6.45) is 1.60. The number of rotatable bonds is 0. The molecule has 2 aliphatic rings. The highest BCUT2D eigenvalue weighted by atomic mass is 28.2. The fourth-order valence-corrected chi connectivity index (χ4v) is 1.17. The van der Waals surface area contributed by atoms with Crippen LogP contribution in [-0.2, 0) is 0 Å². The van der Waals surface area contributed by atoms with E-state index in [9.17, 15) is 0 Å². The third-order valence-electron chi connectivity index (χ3n) is 1.11. The van der Waals surface area contributed by atoms with E-state index in [2.05, 4.69) is 0 Å². The molecule has 1 aliphatic carbocycles. The van der Waals surface area contributed by atoms with Crippen molar-refractivity contribution in [3.63, 3.8) is 0 Å². The maximum absolute atomic E-state index is 1.60. The SMILES string of the molecule is C1C2[Si]C12. The van der Waals surface area contributed by atoms with Gasteiger partial charge in [-0.15, -0.1) is 0 Å². The van der Waals surface area contributed by atoms with Crippen molar-refractivity contribution in [2.24, 2.45) is 0 Å². The van der Waals surface area contributed by atoms with Crippen molar-refractivity contribution in [2.75, 3.05) is 0 Å². The van der Waals surface area contributed by atoms with Gasteiger partial charge in [-0.1, -0.05) is 6.42 Å². The molecule has 2 unspecified atom stereocenters. The fourth-order valence-electron chi connectivity index (χ4n) is 0.390. The monoisotopic (exact) mass is 68.0 g/mol. The summed E-state index contributed by atoms with van der Waals surface area (Å²) in [5, 5.41) is 0. The lowest BCUT2D eigenvalue weighted by atomic mass is 11.0. The van der Waals surface area contributed by atoms with E-state index >= 15 is 0 Å². The van der Waals surface area contributed by atoms with Crippen LogP contribution in [0.4, 0.5) is 0 Å². The third kappa shape index (κ3) is 0.0486. The van der Waals surface area contributed by atoms with Gasteiger partial charge in [-0.3, -0.25) is 0 Å². The van der Waals surface area contributed by atoms with Crippen LogP contribution in [0.15, 0.2) is 0 Å². The molecule has 1 aliphatic heterocycles. The molecule has 2 radical (unpaired) electrons. The Bertz CT molecular complexity index is 39.2. The van der Waals surface area contributed by atoms with Crippen LogP contribution in [0.2, 0.25) is 11.1 Å². The minimum Gasteiger partial charge on any atom is -0.0532 e. The molecule has 0 N–H and O–H groups in total. The van der Waals surface area contributed by atoms with E-state index in [4.69, 9.17) is 0 Å². The molecule has 2 atom stereocenters. The molecule has 1 saturated heterocycles. The first-order valence-electron chi connectivity index (χ1n) is 1.73. The van der Waals surface area contributed by atoms with E-state index < -0.39 is 0 Å². The van der Waals surface area contributed by atoms with Crippen LogP contribution in [0, 0.1) is 0 Å². The molecule has 0 bridgehead atoms. The van der Waals surface area contributed by atoms with Gasteiger partial charge in [-0.2, -0.15) is 0 Å². The van der Waals surface area contributed by atoms with Crippen LogP contribution in [0.3, 0.4) is 0 Å². The van der Waals surface area contributed by atoms with Gasteiger partial charge in [-0.05, 0) is 11.1 Å². The zero-order chi connectivity index (χ0) is 2.57. The second kappa shape index (κ2) is 0.234. The molecule has 0 amide bonds.